The summed E-state index contributed by atoms with van der Waals surface area (Å²) in [6, 6.07) is 12.0. The van der Waals surface area contributed by atoms with E-state index in [1.54, 1.807) is 19.1 Å². The maximum Gasteiger partial charge on any atom is 0.202 e. The highest BCUT2D eigenvalue weighted by atomic mass is 35.5. The molecule has 3 aromatic rings. The molecule has 0 amide bonds. The zero-order valence-corrected chi connectivity index (χ0v) is 17.6. The van der Waals surface area contributed by atoms with Gasteiger partial charge in [-0.2, -0.15) is 0 Å². The van der Waals surface area contributed by atoms with Crippen molar-refractivity contribution in [2.24, 2.45) is 0 Å². The van der Waals surface area contributed by atoms with Crippen LogP contribution in [0.4, 0.5) is 4.39 Å². The van der Waals surface area contributed by atoms with Gasteiger partial charge in [0, 0.05) is 28.9 Å². The number of benzene rings is 2. The molecule has 29 heavy (non-hydrogen) atoms. The number of hydrogen-bond donors (Lipinski definition) is 0. The SMILES string of the molecule is Cc1cc(C(=O)COc2ccc(S(C)(=O)=O)cc2)c(C)n1-c1ccc(F)c(Cl)c1. The minimum Gasteiger partial charge on any atom is -0.485 e. The van der Waals surface area contributed by atoms with Crippen LogP contribution in [0, 0.1) is 19.7 Å². The summed E-state index contributed by atoms with van der Waals surface area (Å²) in [5, 5.41) is 0.00347. The third kappa shape index (κ3) is 4.52. The van der Waals surface area contributed by atoms with Crippen molar-refractivity contribution >= 4 is 27.2 Å². The van der Waals surface area contributed by atoms with Crippen LogP contribution in [0.5, 0.6) is 5.75 Å². The normalized spacial score (nSPS) is 11.5. The number of carbonyl (C=O) groups excluding carboxylic acids is 1. The minimum absolute atomic E-state index is 0.00347. The topological polar surface area (TPSA) is 65.4 Å². The van der Waals surface area contributed by atoms with E-state index in [1.165, 1.54) is 36.4 Å². The molecular weight excluding hydrogens is 417 g/mol. The first-order chi connectivity index (χ1) is 13.6. The largest absolute Gasteiger partial charge is 0.485 e. The molecule has 2 aromatic carbocycles. The van der Waals surface area contributed by atoms with Gasteiger partial charge in [0.2, 0.25) is 5.78 Å². The van der Waals surface area contributed by atoms with E-state index < -0.39 is 15.7 Å². The molecule has 8 heteroatoms. The van der Waals surface area contributed by atoms with Gasteiger partial charge in [0.05, 0.1) is 9.92 Å². The molecule has 5 nitrogen and oxygen atoms in total. The van der Waals surface area contributed by atoms with Crippen LogP contribution in [0.3, 0.4) is 0 Å². The van der Waals surface area contributed by atoms with Crippen molar-refractivity contribution in [1.29, 1.82) is 0 Å². The van der Waals surface area contributed by atoms with Crippen LogP contribution in [0.2, 0.25) is 5.02 Å². The minimum atomic E-state index is -3.29. The number of halogens is 2. The molecule has 0 N–H and O–H groups in total. The molecule has 1 heterocycles. The van der Waals surface area contributed by atoms with E-state index in [0.29, 0.717) is 22.7 Å². The Morgan fingerprint density at radius 1 is 1.10 bits per heavy atom. The molecule has 0 aliphatic carbocycles. The number of Topliss-reactive ketones (excluding diaryl/α,β-unsaturated/α-hetero) is 1. The molecule has 0 bridgehead atoms. The number of ketones is 1. The zero-order chi connectivity index (χ0) is 21.3. The third-order valence-corrected chi connectivity index (χ3v) is 5.93. The average Bonchev–Trinajstić information content (AvgIpc) is 2.96. The van der Waals surface area contributed by atoms with Gasteiger partial charge in [-0.1, -0.05) is 11.6 Å². The molecule has 0 saturated carbocycles. The summed E-state index contributed by atoms with van der Waals surface area (Å²) in [7, 11) is -3.29. The van der Waals surface area contributed by atoms with Gasteiger partial charge >= 0.3 is 0 Å². The van der Waals surface area contributed by atoms with Crippen LogP contribution in [0.15, 0.2) is 53.4 Å². The average molecular weight is 436 g/mol. The zero-order valence-electron chi connectivity index (χ0n) is 16.1. The summed E-state index contributed by atoms with van der Waals surface area (Å²) in [6.45, 7) is 3.43. The number of hydrogen-bond acceptors (Lipinski definition) is 4. The Kier molecular flexibility index (Phi) is 5.82. The molecule has 0 aliphatic rings. The van der Waals surface area contributed by atoms with Crippen LogP contribution in [-0.2, 0) is 9.84 Å². The lowest BCUT2D eigenvalue weighted by Gasteiger charge is -2.11. The second kappa shape index (κ2) is 8.00. The molecule has 0 radical (unpaired) electrons. The van der Waals surface area contributed by atoms with Crippen LogP contribution < -0.4 is 4.74 Å². The maximum atomic E-state index is 13.5. The first kappa shape index (κ1) is 21.1. The monoisotopic (exact) mass is 435 g/mol. The number of carbonyl (C=O) groups is 1. The smallest absolute Gasteiger partial charge is 0.202 e. The molecule has 0 fully saturated rings. The lowest BCUT2D eigenvalue weighted by atomic mass is 10.1. The Balaban J connectivity index is 1.79. The number of aryl methyl sites for hydroxylation is 1. The molecule has 0 spiro atoms. The second-order valence-electron chi connectivity index (χ2n) is 6.67. The Labute approximate surface area is 173 Å². The van der Waals surface area contributed by atoms with Crippen molar-refractivity contribution in [3.63, 3.8) is 0 Å². The van der Waals surface area contributed by atoms with Crippen molar-refractivity contribution < 1.29 is 22.3 Å². The summed E-state index contributed by atoms with van der Waals surface area (Å²) >= 11 is 5.88. The Hall–Kier alpha value is -2.64. The van der Waals surface area contributed by atoms with Gasteiger partial charge in [-0.3, -0.25) is 4.79 Å². The van der Waals surface area contributed by atoms with Crippen molar-refractivity contribution in [3.8, 4) is 11.4 Å². The lowest BCUT2D eigenvalue weighted by molar-refractivity contribution is 0.0921. The molecule has 3 rings (SSSR count). The van der Waals surface area contributed by atoms with Gasteiger partial charge in [-0.05, 0) is 62.4 Å². The van der Waals surface area contributed by atoms with Gasteiger partial charge in [0.25, 0.3) is 0 Å². The summed E-state index contributed by atoms with van der Waals surface area (Å²) in [5.74, 6) is -0.348. The van der Waals surface area contributed by atoms with Crippen LogP contribution >= 0.6 is 11.6 Å². The summed E-state index contributed by atoms with van der Waals surface area (Å²) in [5.41, 5.74) is 2.62. The first-order valence-electron chi connectivity index (χ1n) is 8.68. The molecule has 0 saturated heterocycles. The Morgan fingerprint density at radius 2 is 1.76 bits per heavy atom. The Bertz CT molecular complexity index is 1180. The van der Waals surface area contributed by atoms with E-state index in [-0.39, 0.29) is 22.3 Å². The molecule has 0 aliphatic heterocycles. The van der Waals surface area contributed by atoms with E-state index in [9.17, 15) is 17.6 Å². The lowest BCUT2D eigenvalue weighted by Crippen LogP contribution is -2.13. The predicted octanol–water partition coefficient (Wildman–Crippen LogP) is 4.55. The number of rotatable bonds is 6. The van der Waals surface area contributed by atoms with Crippen LogP contribution in [0.25, 0.3) is 5.69 Å². The molecular formula is C21H19ClFNO4S. The van der Waals surface area contributed by atoms with Crippen molar-refractivity contribution in [2.45, 2.75) is 18.7 Å². The fourth-order valence-electron chi connectivity index (χ4n) is 3.08. The van der Waals surface area contributed by atoms with Gasteiger partial charge < -0.3 is 9.30 Å². The predicted molar refractivity (Wildman–Crippen MR) is 110 cm³/mol. The molecule has 152 valence electrons. The van der Waals surface area contributed by atoms with E-state index >= 15 is 0 Å². The quantitative estimate of drug-likeness (QED) is 0.533. The van der Waals surface area contributed by atoms with E-state index in [1.807, 2.05) is 11.5 Å². The van der Waals surface area contributed by atoms with E-state index in [0.717, 1.165) is 11.9 Å². The molecule has 0 atom stereocenters. The maximum absolute atomic E-state index is 13.5. The standard InChI is InChI=1S/C21H19ClFNO4S/c1-13-10-18(14(2)24(13)15-4-9-20(23)19(22)11-15)21(25)12-28-16-5-7-17(8-6-16)29(3,26)27/h4-11H,12H2,1-3H3. The van der Waals surface area contributed by atoms with Crippen molar-refractivity contribution in [2.75, 3.05) is 12.9 Å². The number of nitrogens with zero attached hydrogens (tertiary/aromatic N) is 1. The van der Waals surface area contributed by atoms with Gasteiger partial charge in [0.1, 0.15) is 11.6 Å². The first-order valence-corrected chi connectivity index (χ1v) is 11.0. The fraction of sp³-hybridized carbons (Fsp3) is 0.190. The van der Waals surface area contributed by atoms with Crippen molar-refractivity contribution in [1.82, 2.24) is 4.57 Å². The third-order valence-electron chi connectivity index (χ3n) is 4.51. The highest BCUT2D eigenvalue weighted by molar-refractivity contribution is 7.90. The molecule has 1 aromatic heterocycles. The number of sulfone groups is 1. The summed E-state index contributed by atoms with van der Waals surface area (Å²) in [6.07, 6.45) is 1.12. The van der Waals surface area contributed by atoms with E-state index in [2.05, 4.69) is 0 Å². The number of ether oxygens (including phenoxy) is 1. The van der Waals surface area contributed by atoms with Crippen molar-refractivity contribution in [3.05, 3.63) is 76.3 Å². The van der Waals surface area contributed by atoms with Gasteiger partial charge in [-0.25, -0.2) is 12.8 Å². The highest BCUT2D eigenvalue weighted by Crippen LogP contribution is 2.25. The second-order valence-corrected chi connectivity index (χ2v) is 9.10. The molecule has 0 unspecified atom stereocenters. The highest BCUT2D eigenvalue weighted by Gasteiger charge is 2.18. The Morgan fingerprint density at radius 3 is 2.34 bits per heavy atom. The van der Waals surface area contributed by atoms with Crippen LogP contribution in [-0.4, -0.2) is 31.6 Å². The van der Waals surface area contributed by atoms with E-state index in [4.69, 9.17) is 16.3 Å². The summed E-state index contributed by atoms with van der Waals surface area (Å²) in [4.78, 5) is 12.8. The number of aromatic nitrogens is 1. The van der Waals surface area contributed by atoms with Gasteiger partial charge in [-0.15, -0.1) is 0 Å². The fourth-order valence-corrected chi connectivity index (χ4v) is 3.88. The summed E-state index contributed by atoms with van der Waals surface area (Å²) < 4.78 is 43.8. The van der Waals surface area contributed by atoms with Gasteiger partial charge in [0.15, 0.2) is 16.4 Å². The van der Waals surface area contributed by atoms with Crippen LogP contribution in [0.1, 0.15) is 21.7 Å².